The van der Waals surface area contributed by atoms with Crippen LogP contribution in [0.4, 0.5) is 5.13 Å². The lowest BCUT2D eigenvalue weighted by Gasteiger charge is -2.19. The summed E-state index contributed by atoms with van der Waals surface area (Å²) < 4.78 is 7.21. The number of aromatic nitrogens is 2. The highest BCUT2D eigenvalue weighted by molar-refractivity contribution is 9.10. The molecule has 0 N–H and O–H groups in total. The lowest BCUT2D eigenvalue weighted by atomic mass is 10.3. The quantitative estimate of drug-likeness (QED) is 0.301. The second kappa shape index (κ2) is 9.59. The third kappa shape index (κ3) is 5.00. The van der Waals surface area contributed by atoms with Crippen LogP contribution < -0.4 is 9.64 Å². The molecule has 0 aliphatic rings. The molecule has 0 aliphatic heterocycles. The molecular weight excluding hydrogens is 482 g/mol. The van der Waals surface area contributed by atoms with Crippen LogP contribution in [0, 0.1) is 0 Å². The Bertz CT molecular complexity index is 1150. The average molecular weight is 500 g/mol. The largest absolute Gasteiger partial charge is 0.497 e. The zero-order valence-electron chi connectivity index (χ0n) is 16.1. The maximum atomic E-state index is 13.2. The number of fused-ring (bicyclic) bond motifs is 1. The van der Waals surface area contributed by atoms with Gasteiger partial charge in [-0.3, -0.25) is 14.7 Å². The van der Waals surface area contributed by atoms with Crippen molar-refractivity contribution in [1.82, 2.24) is 9.97 Å². The number of thioether (sulfide) groups is 1. The van der Waals surface area contributed by atoms with Crippen molar-refractivity contribution in [2.24, 2.45) is 0 Å². The fourth-order valence-corrected chi connectivity index (χ4v) is 5.12. The molecule has 0 saturated heterocycles. The molecule has 2 heterocycles. The Labute approximate surface area is 191 Å². The van der Waals surface area contributed by atoms with Gasteiger partial charge in [-0.15, -0.1) is 11.8 Å². The van der Waals surface area contributed by atoms with E-state index in [-0.39, 0.29) is 5.91 Å². The van der Waals surface area contributed by atoms with Gasteiger partial charge in [-0.25, -0.2) is 4.98 Å². The van der Waals surface area contributed by atoms with E-state index >= 15 is 0 Å². The van der Waals surface area contributed by atoms with Crippen molar-refractivity contribution in [3.8, 4) is 5.75 Å². The number of benzene rings is 2. The summed E-state index contributed by atoms with van der Waals surface area (Å²) in [6, 6.07) is 19.3. The average Bonchev–Trinajstić information content (AvgIpc) is 3.19. The lowest BCUT2D eigenvalue weighted by molar-refractivity contribution is -0.116. The number of hydrogen-bond acceptors (Lipinski definition) is 6. The number of amides is 1. The van der Waals surface area contributed by atoms with E-state index in [0.29, 0.717) is 17.4 Å². The summed E-state index contributed by atoms with van der Waals surface area (Å²) in [6.07, 6.45) is 1.74. The third-order valence-electron chi connectivity index (χ3n) is 4.34. The molecule has 0 fully saturated rings. The van der Waals surface area contributed by atoms with E-state index in [2.05, 4.69) is 20.9 Å². The van der Waals surface area contributed by atoms with E-state index in [1.165, 1.54) is 23.1 Å². The van der Waals surface area contributed by atoms with Gasteiger partial charge < -0.3 is 4.74 Å². The molecule has 0 unspecified atom stereocenters. The highest BCUT2D eigenvalue weighted by Gasteiger charge is 2.21. The Morgan fingerprint density at radius 1 is 1.17 bits per heavy atom. The van der Waals surface area contributed by atoms with Crippen LogP contribution in [0.25, 0.3) is 10.2 Å². The fraction of sp³-hybridized carbons (Fsp3) is 0.136. The molecule has 0 atom stereocenters. The minimum atomic E-state index is -0.0143. The van der Waals surface area contributed by atoms with Crippen LogP contribution in [-0.2, 0) is 11.3 Å². The van der Waals surface area contributed by atoms with Gasteiger partial charge in [0.05, 0.1) is 35.3 Å². The van der Waals surface area contributed by atoms with Crippen molar-refractivity contribution in [2.75, 3.05) is 17.8 Å². The zero-order valence-corrected chi connectivity index (χ0v) is 19.3. The smallest absolute Gasteiger partial charge is 0.239 e. The summed E-state index contributed by atoms with van der Waals surface area (Å²) in [4.78, 5) is 25.0. The van der Waals surface area contributed by atoms with Gasteiger partial charge in [-0.1, -0.05) is 33.3 Å². The summed E-state index contributed by atoms with van der Waals surface area (Å²) >= 11 is 6.50. The Hall–Kier alpha value is -2.42. The van der Waals surface area contributed by atoms with E-state index in [4.69, 9.17) is 9.72 Å². The number of methoxy groups -OCH3 is 1. The number of thiazole rings is 1. The van der Waals surface area contributed by atoms with Crippen molar-refractivity contribution in [3.63, 3.8) is 0 Å². The van der Waals surface area contributed by atoms with E-state index in [9.17, 15) is 4.79 Å². The van der Waals surface area contributed by atoms with Crippen LogP contribution >= 0.6 is 39.0 Å². The van der Waals surface area contributed by atoms with Gasteiger partial charge in [0.15, 0.2) is 5.13 Å². The molecule has 8 heteroatoms. The van der Waals surface area contributed by atoms with Crippen LogP contribution in [0.15, 0.2) is 76.2 Å². The number of carbonyl (C=O) groups is 1. The number of rotatable bonds is 7. The first-order valence-electron chi connectivity index (χ1n) is 9.15. The number of pyridine rings is 1. The summed E-state index contributed by atoms with van der Waals surface area (Å²) in [7, 11) is 1.64. The Morgan fingerprint density at radius 2 is 2.00 bits per heavy atom. The molecule has 0 radical (unpaired) electrons. The van der Waals surface area contributed by atoms with Crippen molar-refractivity contribution >= 4 is 60.3 Å². The predicted molar refractivity (Wildman–Crippen MR) is 126 cm³/mol. The molecule has 5 nitrogen and oxygen atoms in total. The SMILES string of the molecule is COc1ccc(SCC(=O)N(Cc2ccccn2)c2nc3ccc(Br)cc3s2)cc1. The first-order chi connectivity index (χ1) is 14.6. The minimum absolute atomic E-state index is 0.0143. The standard InChI is InChI=1S/C22H18BrN3O2S2/c1-28-17-6-8-18(9-7-17)29-14-21(27)26(13-16-4-2-3-11-24-16)22-25-19-10-5-15(23)12-20(19)30-22/h2-12H,13-14H2,1H3. The molecule has 4 rings (SSSR count). The summed E-state index contributed by atoms with van der Waals surface area (Å²) in [6.45, 7) is 0.379. The number of hydrogen-bond donors (Lipinski definition) is 0. The van der Waals surface area contributed by atoms with Crippen molar-refractivity contribution in [3.05, 3.63) is 77.0 Å². The molecule has 1 amide bonds. The van der Waals surface area contributed by atoms with Crippen molar-refractivity contribution in [2.45, 2.75) is 11.4 Å². The molecule has 2 aromatic carbocycles. The molecular formula is C22H18BrN3O2S2. The molecule has 4 aromatic rings. The second-order valence-corrected chi connectivity index (χ2v) is 9.35. The summed E-state index contributed by atoms with van der Waals surface area (Å²) in [5.74, 6) is 1.08. The maximum Gasteiger partial charge on any atom is 0.239 e. The highest BCUT2D eigenvalue weighted by Crippen LogP contribution is 2.32. The molecule has 0 aliphatic carbocycles. The van der Waals surface area contributed by atoms with Crippen LogP contribution in [0.1, 0.15) is 5.69 Å². The number of halogens is 1. The third-order valence-corrected chi connectivity index (χ3v) is 6.87. The topological polar surface area (TPSA) is 55.3 Å². The lowest BCUT2D eigenvalue weighted by Crippen LogP contribution is -2.32. The maximum absolute atomic E-state index is 13.2. The van der Waals surface area contributed by atoms with Gasteiger partial charge in [0, 0.05) is 15.6 Å². The zero-order chi connectivity index (χ0) is 20.9. The molecule has 2 aromatic heterocycles. The first kappa shape index (κ1) is 20.8. The van der Waals surface area contributed by atoms with E-state index < -0.39 is 0 Å². The van der Waals surface area contributed by atoms with E-state index in [1.54, 1.807) is 18.2 Å². The van der Waals surface area contributed by atoms with Crippen LogP contribution in [0.3, 0.4) is 0 Å². The molecule has 152 valence electrons. The normalized spacial score (nSPS) is 10.9. The van der Waals surface area contributed by atoms with Crippen LogP contribution in [0.2, 0.25) is 0 Å². The van der Waals surface area contributed by atoms with Gasteiger partial charge in [0.25, 0.3) is 0 Å². The highest BCUT2D eigenvalue weighted by atomic mass is 79.9. The monoisotopic (exact) mass is 499 g/mol. The summed E-state index contributed by atoms with van der Waals surface area (Å²) in [5, 5.41) is 0.675. The number of ether oxygens (including phenoxy) is 1. The Balaban J connectivity index is 1.57. The molecule has 30 heavy (non-hydrogen) atoms. The molecule has 0 spiro atoms. The van der Waals surface area contributed by atoms with Gasteiger partial charge in [0.1, 0.15) is 5.75 Å². The number of anilines is 1. The van der Waals surface area contributed by atoms with Crippen LogP contribution in [-0.4, -0.2) is 28.7 Å². The predicted octanol–water partition coefficient (Wildman–Crippen LogP) is 5.79. The van der Waals surface area contributed by atoms with Gasteiger partial charge >= 0.3 is 0 Å². The van der Waals surface area contributed by atoms with E-state index in [0.717, 1.165) is 31.0 Å². The summed E-state index contributed by atoms with van der Waals surface area (Å²) in [5.41, 5.74) is 1.69. The van der Waals surface area contributed by atoms with E-state index in [1.807, 2.05) is 60.7 Å². The van der Waals surface area contributed by atoms with Gasteiger partial charge in [0.2, 0.25) is 5.91 Å². The second-order valence-electron chi connectivity index (χ2n) is 6.37. The van der Waals surface area contributed by atoms with Gasteiger partial charge in [-0.2, -0.15) is 0 Å². The number of carbonyl (C=O) groups excluding carboxylic acids is 1. The fourth-order valence-electron chi connectivity index (χ4n) is 2.81. The molecule has 0 saturated carbocycles. The Morgan fingerprint density at radius 3 is 2.73 bits per heavy atom. The minimum Gasteiger partial charge on any atom is -0.497 e. The number of nitrogens with zero attached hydrogens (tertiary/aromatic N) is 3. The van der Waals surface area contributed by atoms with Crippen molar-refractivity contribution in [1.29, 1.82) is 0 Å². The van der Waals surface area contributed by atoms with Crippen molar-refractivity contribution < 1.29 is 9.53 Å². The first-order valence-corrected chi connectivity index (χ1v) is 11.7. The Kier molecular flexibility index (Phi) is 6.66. The van der Waals surface area contributed by atoms with Gasteiger partial charge in [-0.05, 0) is 54.6 Å². The molecule has 0 bridgehead atoms. The van der Waals surface area contributed by atoms with Crippen LogP contribution in [0.5, 0.6) is 5.75 Å².